The van der Waals surface area contributed by atoms with Crippen LogP contribution in [0.5, 0.6) is 0 Å². The number of halogens is 1. The van der Waals surface area contributed by atoms with Crippen molar-refractivity contribution < 1.29 is 14.7 Å². The van der Waals surface area contributed by atoms with E-state index in [1.807, 2.05) is 6.92 Å². The minimum atomic E-state index is -1.05. The molecule has 0 aliphatic rings. The number of carbonyl (C=O) groups excluding carboxylic acids is 1. The van der Waals surface area contributed by atoms with Crippen LogP contribution >= 0.6 is 11.6 Å². The van der Waals surface area contributed by atoms with E-state index in [2.05, 4.69) is 19.2 Å². The van der Waals surface area contributed by atoms with Crippen LogP contribution < -0.4 is 5.32 Å². The van der Waals surface area contributed by atoms with Crippen LogP contribution in [0, 0.1) is 5.92 Å². The van der Waals surface area contributed by atoms with Crippen LogP contribution in [0.2, 0.25) is 5.02 Å². The van der Waals surface area contributed by atoms with Crippen molar-refractivity contribution in [3.63, 3.8) is 0 Å². The van der Waals surface area contributed by atoms with Crippen molar-refractivity contribution in [2.45, 2.75) is 33.2 Å². The molecule has 1 unspecified atom stereocenters. The molecule has 1 rings (SSSR count). The summed E-state index contributed by atoms with van der Waals surface area (Å²) >= 11 is 6.07. The zero-order valence-corrected chi connectivity index (χ0v) is 13.1. The van der Waals surface area contributed by atoms with Gasteiger partial charge in [0.25, 0.3) is 5.91 Å². The highest BCUT2D eigenvalue weighted by molar-refractivity contribution is 6.32. The summed E-state index contributed by atoms with van der Waals surface area (Å²) in [4.78, 5) is 22.6. The first kappa shape index (κ1) is 17.2. The largest absolute Gasteiger partial charge is 0.478 e. The average Bonchev–Trinajstić information content (AvgIpc) is 2.42. The molecule has 21 heavy (non-hydrogen) atoms. The van der Waals surface area contributed by atoms with Crippen molar-refractivity contribution >= 4 is 29.6 Å². The first-order valence-electron chi connectivity index (χ1n) is 6.86. The molecule has 1 atom stereocenters. The highest BCUT2D eigenvalue weighted by Crippen LogP contribution is 2.20. The summed E-state index contributed by atoms with van der Waals surface area (Å²) in [5.41, 5.74) is 1.03. The average molecular weight is 310 g/mol. The van der Waals surface area contributed by atoms with Crippen LogP contribution in [0.3, 0.4) is 0 Å². The first-order chi connectivity index (χ1) is 9.85. The van der Waals surface area contributed by atoms with E-state index in [1.165, 1.54) is 6.08 Å². The lowest BCUT2D eigenvalue weighted by molar-refractivity contribution is -0.131. The Kier molecular flexibility index (Phi) is 6.43. The Morgan fingerprint density at radius 1 is 1.38 bits per heavy atom. The molecule has 4 nitrogen and oxygen atoms in total. The van der Waals surface area contributed by atoms with Crippen LogP contribution in [0.15, 0.2) is 24.3 Å². The van der Waals surface area contributed by atoms with Gasteiger partial charge in [-0.1, -0.05) is 38.4 Å². The third kappa shape index (κ3) is 5.23. The van der Waals surface area contributed by atoms with Gasteiger partial charge in [-0.25, -0.2) is 4.79 Å². The van der Waals surface area contributed by atoms with Crippen molar-refractivity contribution in [1.82, 2.24) is 5.32 Å². The second-order valence-electron chi connectivity index (χ2n) is 5.14. The molecule has 0 aliphatic carbocycles. The van der Waals surface area contributed by atoms with Gasteiger partial charge in [-0.3, -0.25) is 4.79 Å². The van der Waals surface area contributed by atoms with Gasteiger partial charge in [0.15, 0.2) is 0 Å². The lowest BCUT2D eigenvalue weighted by atomic mass is 10.0. The molecule has 0 fully saturated rings. The van der Waals surface area contributed by atoms with Gasteiger partial charge in [-0.15, -0.1) is 0 Å². The summed E-state index contributed by atoms with van der Waals surface area (Å²) in [6.45, 7) is 6.14. The summed E-state index contributed by atoms with van der Waals surface area (Å²) in [6, 6.07) is 4.93. The molecule has 0 aliphatic heterocycles. The van der Waals surface area contributed by atoms with Gasteiger partial charge in [0, 0.05) is 22.7 Å². The van der Waals surface area contributed by atoms with E-state index in [9.17, 15) is 9.59 Å². The Hall–Kier alpha value is -1.81. The minimum absolute atomic E-state index is 0.114. The number of aliphatic carboxylic acids is 1. The molecule has 1 amide bonds. The topological polar surface area (TPSA) is 66.4 Å². The van der Waals surface area contributed by atoms with E-state index in [0.29, 0.717) is 22.1 Å². The van der Waals surface area contributed by atoms with E-state index in [4.69, 9.17) is 16.7 Å². The summed E-state index contributed by atoms with van der Waals surface area (Å²) in [5, 5.41) is 11.9. The van der Waals surface area contributed by atoms with Crippen molar-refractivity contribution in [2.75, 3.05) is 0 Å². The van der Waals surface area contributed by atoms with Gasteiger partial charge in [0.05, 0.1) is 0 Å². The molecule has 1 aromatic rings. The fourth-order valence-electron chi connectivity index (χ4n) is 1.96. The molecule has 0 heterocycles. The number of hydrogen-bond acceptors (Lipinski definition) is 2. The highest BCUT2D eigenvalue weighted by Gasteiger charge is 2.15. The molecule has 0 saturated heterocycles. The molecule has 0 radical (unpaired) electrons. The van der Waals surface area contributed by atoms with E-state index in [-0.39, 0.29) is 11.9 Å². The number of nitrogens with one attached hydrogen (secondary N) is 1. The number of rotatable bonds is 6. The van der Waals surface area contributed by atoms with Crippen LogP contribution in [-0.4, -0.2) is 23.0 Å². The van der Waals surface area contributed by atoms with Gasteiger partial charge in [0.2, 0.25) is 0 Å². The first-order valence-corrected chi connectivity index (χ1v) is 7.24. The standard InChI is InChI=1S/C16H20ClNO3/c1-4-14(10(2)3)18-16(21)12-6-5-11(13(17)9-12)7-8-15(19)20/h5-10,14H,4H2,1-3H3,(H,18,21)(H,19,20)/b8-7+. The fraction of sp³-hybridized carbons (Fsp3) is 0.375. The van der Waals surface area contributed by atoms with E-state index in [1.54, 1.807) is 18.2 Å². The Morgan fingerprint density at radius 3 is 2.52 bits per heavy atom. The summed E-state index contributed by atoms with van der Waals surface area (Å²) in [6.07, 6.45) is 3.26. The molecule has 114 valence electrons. The Labute approximate surface area is 129 Å². The van der Waals surface area contributed by atoms with E-state index < -0.39 is 5.97 Å². The summed E-state index contributed by atoms with van der Waals surface area (Å²) in [7, 11) is 0. The monoisotopic (exact) mass is 309 g/mol. The van der Waals surface area contributed by atoms with Gasteiger partial charge in [-0.2, -0.15) is 0 Å². The van der Waals surface area contributed by atoms with E-state index in [0.717, 1.165) is 12.5 Å². The van der Waals surface area contributed by atoms with Crippen molar-refractivity contribution in [1.29, 1.82) is 0 Å². The van der Waals surface area contributed by atoms with Crippen LogP contribution in [0.4, 0.5) is 0 Å². The molecule has 0 bridgehead atoms. The zero-order valence-electron chi connectivity index (χ0n) is 12.4. The maximum atomic E-state index is 12.2. The van der Waals surface area contributed by atoms with Gasteiger partial charge in [-0.05, 0) is 36.1 Å². The van der Waals surface area contributed by atoms with E-state index >= 15 is 0 Å². The summed E-state index contributed by atoms with van der Waals surface area (Å²) < 4.78 is 0. The molecule has 1 aromatic carbocycles. The number of amides is 1. The van der Waals surface area contributed by atoms with Gasteiger partial charge in [0.1, 0.15) is 0 Å². The van der Waals surface area contributed by atoms with Crippen molar-refractivity contribution in [3.05, 3.63) is 40.4 Å². The molecule has 0 spiro atoms. The Bertz CT molecular complexity index is 552. The predicted molar refractivity (Wildman–Crippen MR) is 84.5 cm³/mol. The highest BCUT2D eigenvalue weighted by atomic mass is 35.5. The fourth-order valence-corrected chi connectivity index (χ4v) is 2.20. The second kappa shape index (κ2) is 7.84. The predicted octanol–water partition coefficient (Wildman–Crippen LogP) is 3.60. The van der Waals surface area contributed by atoms with Gasteiger partial charge >= 0.3 is 5.97 Å². The molecule has 0 saturated carbocycles. The van der Waals surface area contributed by atoms with Gasteiger partial charge < -0.3 is 10.4 Å². The molecule has 2 N–H and O–H groups in total. The molecule has 5 heteroatoms. The second-order valence-corrected chi connectivity index (χ2v) is 5.55. The lowest BCUT2D eigenvalue weighted by Crippen LogP contribution is -2.38. The normalized spacial score (nSPS) is 12.6. The maximum Gasteiger partial charge on any atom is 0.328 e. The Morgan fingerprint density at radius 2 is 2.05 bits per heavy atom. The van der Waals surface area contributed by atoms with Crippen molar-refractivity contribution in [3.8, 4) is 0 Å². The van der Waals surface area contributed by atoms with Crippen LogP contribution in [0.25, 0.3) is 6.08 Å². The quantitative estimate of drug-likeness (QED) is 0.789. The smallest absolute Gasteiger partial charge is 0.328 e. The number of carbonyl (C=O) groups is 2. The summed E-state index contributed by atoms with van der Waals surface area (Å²) in [5.74, 6) is -0.867. The SMILES string of the molecule is CCC(NC(=O)c1ccc(/C=C/C(=O)O)c(Cl)c1)C(C)C. The number of benzene rings is 1. The third-order valence-corrected chi connectivity index (χ3v) is 3.56. The number of carboxylic acids is 1. The van der Waals surface area contributed by atoms with Crippen LogP contribution in [0.1, 0.15) is 43.1 Å². The maximum absolute atomic E-state index is 12.2. The number of carboxylic acid groups (broad SMARTS) is 1. The van der Waals surface area contributed by atoms with Crippen molar-refractivity contribution in [2.24, 2.45) is 5.92 Å². The zero-order chi connectivity index (χ0) is 16.0. The minimum Gasteiger partial charge on any atom is -0.478 e. The van der Waals surface area contributed by atoms with Crippen LogP contribution in [-0.2, 0) is 4.79 Å². The molecular formula is C16H20ClNO3. The third-order valence-electron chi connectivity index (χ3n) is 3.23. The Balaban J connectivity index is 2.88. The molecular weight excluding hydrogens is 290 g/mol. The lowest BCUT2D eigenvalue weighted by Gasteiger charge is -2.20. The molecule has 0 aromatic heterocycles. The number of hydrogen-bond donors (Lipinski definition) is 2.